The second-order valence-corrected chi connectivity index (χ2v) is 2.44. The summed E-state index contributed by atoms with van der Waals surface area (Å²) in [5, 5.41) is 7.01. The lowest BCUT2D eigenvalue weighted by atomic mass is 10.3. The predicted molar refractivity (Wildman–Crippen MR) is 47.2 cm³/mol. The fraction of sp³-hybridized carbons (Fsp3) is 0.222. The molecular weight excluding hydrogens is 188 g/mol. The Hall–Kier alpha value is -1.83. The molecular formula is C9H7F2N3. The van der Waals surface area contributed by atoms with Gasteiger partial charge in [-0.1, -0.05) is 0 Å². The molecule has 0 fully saturated rings. The van der Waals surface area contributed by atoms with Gasteiger partial charge in [-0.25, -0.2) is 15.4 Å². The lowest BCUT2D eigenvalue weighted by Crippen LogP contribution is -1.82. The fourth-order valence-electron chi connectivity index (χ4n) is 0.783. The molecule has 0 bridgehead atoms. The zero-order valence-electron chi connectivity index (χ0n) is 7.24. The van der Waals surface area contributed by atoms with Crippen molar-refractivity contribution in [2.45, 2.75) is 0 Å². The SMILES string of the molecule is [C-]#[N+]CC/N=N/c1cc(F)ccc1F. The summed E-state index contributed by atoms with van der Waals surface area (Å²) in [6.45, 7) is 6.84. The summed E-state index contributed by atoms with van der Waals surface area (Å²) in [6.07, 6.45) is 0. The van der Waals surface area contributed by atoms with E-state index in [1.165, 1.54) is 0 Å². The highest BCUT2D eigenvalue weighted by Gasteiger charge is 2.01. The number of benzene rings is 1. The summed E-state index contributed by atoms with van der Waals surface area (Å²) >= 11 is 0. The first-order valence-corrected chi connectivity index (χ1v) is 3.90. The maximum Gasteiger partial charge on any atom is 0.235 e. The van der Waals surface area contributed by atoms with Crippen LogP contribution in [-0.4, -0.2) is 13.1 Å². The second-order valence-electron chi connectivity index (χ2n) is 2.44. The lowest BCUT2D eigenvalue weighted by Gasteiger charge is -1.94. The molecule has 0 aromatic heterocycles. The molecule has 72 valence electrons. The van der Waals surface area contributed by atoms with Crippen molar-refractivity contribution in [2.75, 3.05) is 13.1 Å². The normalized spacial score (nSPS) is 10.4. The average Bonchev–Trinajstić information content (AvgIpc) is 2.18. The van der Waals surface area contributed by atoms with Gasteiger partial charge in [0.25, 0.3) is 0 Å². The quantitative estimate of drug-likeness (QED) is 0.403. The maximum atomic E-state index is 12.9. The zero-order chi connectivity index (χ0) is 10.4. The minimum absolute atomic E-state index is 0.144. The van der Waals surface area contributed by atoms with Crippen LogP contribution in [0.2, 0.25) is 0 Å². The van der Waals surface area contributed by atoms with Crippen molar-refractivity contribution in [2.24, 2.45) is 10.2 Å². The van der Waals surface area contributed by atoms with Crippen LogP contribution in [0.4, 0.5) is 14.5 Å². The largest absolute Gasteiger partial charge is 0.315 e. The molecule has 0 saturated heterocycles. The molecule has 1 aromatic carbocycles. The number of hydrogen-bond donors (Lipinski definition) is 0. The van der Waals surface area contributed by atoms with E-state index in [-0.39, 0.29) is 18.8 Å². The van der Waals surface area contributed by atoms with Gasteiger partial charge in [-0.2, -0.15) is 10.2 Å². The van der Waals surface area contributed by atoms with Gasteiger partial charge >= 0.3 is 0 Å². The van der Waals surface area contributed by atoms with Crippen molar-refractivity contribution < 1.29 is 8.78 Å². The summed E-state index contributed by atoms with van der Waals surface area (Å²) in [5.74, 6) is -1.19. The van der Waals surface area contributed by atoms with Crippen LogP contribution >= 0.6 is 0 Å². The van der Waals surface area contributed by atoms with Gasteiger partial charge < -0.3 is 4.85 Å². The minimum atomic E-state index is -0.627. The fourth-order valence-corrected chi connectivity index (χ4v) is 0.783. The van der Waals surface area contributed by atoms with E-state index in [9.17, 15) is 8.78 Å². The molecule has 0 unspecified atom stereocenters. The molecule has 5 heteroatoms. The summed E-state index contributed by atoms with van der Waals surface area (Å²) in [7, 11) is 0. The Balaban J connectivity index is 2.71. The van der Waals surface area contributed by atoms with E-state index in [1.807, 2.05) is 0 Å². The Bertz CT molecular complexity index is 382. The zero-order valence-corrected chi connectivity index (χ0v) is 7.24. The molecule has 0 heterocycles. The molecule has 0 radical (unpaired) electrons. The van der Waals surface area contributed by atoms with Gasteiger partial charge in [-0.05, 0) is 12.1 Å². The molecule has 0 N–H and O–H groups in total. The molecule has 0 aliphatic rings. The van der Waals surface area contributed by atoms with Crippen LogP contribution in [0.5, 0.6) is 0 Å². The van der Waals surface area contributed by atoms with E-state index in [2.05, 4.69) is 15.1 Å². The first-order valence-electron chi connectivity index (χ1n) is 3.90. The predicted octanol–water partition coefficient (Wildman–Crippen LogP) is 2.97. The van der Waals surface area contributed by atoms with Crippen molar-refractivity contribution >= 4 is 5.69 Å². The van der Waals surface area contributed by atoms with E-state index in [0.29, 0.717) is 0 Å². The molecule has 0 spiro atoms. The van der Waals surface area contributed by atoms with E-state index < -0.39 is 11.6 Å². The molecule has 0 amide bonds. The monoisotopic (exact) mass is 195 g/mol. The summed E-state index contributed by atoms with van der Waals surface area (Å²) < 4.78 is 25.5. The molecule has 0 aliphatic carbocycles. The molecule has 0 aliphatic heterocycles. The van der Waals surface area contributed by atoms with Crippen molar-refractivity contribution in [3.05, 3.63) is 41.3 Å². The smallest absolute Gasteiger partial charge is 0.235 e. The number of rotatable bonds is 3. The summed E-state index contributed by atoms with van der Waals surface area (Å²) in [5.41, 5.74) is -0.144. The first-order chi connectivity index (χ1) is 6.74. The highest BCUT2D eigenvalue weighted by atomic mass is 19.1. The van der Waals surface area contributed by atoms with Crippen molar-refractivity contribution in [1.82, 2.24) is 0 Å². The summed E-state index contributed by atoms with van der Waals surface area (Å²) in [4.78, 5) is 3.04. The third-order valence-electron chi connectivity index (χ3n) is 1.40. The lowest BCUT2D eigenvalue weighted by molar-refractivity contribution is 0.600. The van der Waals surface area contributed by atoms with Crippen LogP contribution in [0, 0.1) is 18.2 Å². The van der Waals surface area contributed by atoms with E-state index in [1.54, 1.807) is 0 Å². The van der Waals surface area contributed by atoms with E-state index in [0.717, 1.165) is 18.2 Å². The van der Waals surface area contributed by atoms with E-state index in [4.69, 9.17) is 6.57 Å². The van der Waals surface area contributed by atoms with Crippen molar-refractivity contribution in [3.8, 4) is 0 Å². The highest BCUT2D eigenvalue weighted by Crippen LogP contribution is 2.18. The molecule has 3 nitrogen and oxygen atoms in total. The van der Waals surface area contributed by atoms with Crippen LogP contribution < -0.4 is 0 Å². The second kappa shape index (κ2) is 5.02. The van der Waals surface area contributed by atoms with Crippen molar-refractivity contribution in [1.29, 1.82) is 0 Å². The number of azo groups is 1. The van der Waals surface area contributed by atoms with Gasteiger partial charge in [0.15, 0.2) is 5.82 Å². The van der Waals surface area contributed by atoms with Gasteiger partial charge in [0.2, 0.25) is 6.54 Å². The van der Waals surface area contributed by atoms with Gasteiger partial charge in [0.05, 0.1) is 0 Å². The summed E-state index contributed by atoms with van der Waals surface area (Å²) in [6, 6.07) is 2.95. The average molecular weight is 195 g/mol. The highest BCUT2D eigenvalue weighted by molar-refractivity contribution is 5.37. The molecule has 0 atom stereocenters. The number of nitrogens with zero attached hydrogens (tertiary/aromatic N) is 3. The van der Waals surface area contributed by atoms with Gasteiger partial charge in [0, 0.05) is 6.07 Å². The maximum absolute atomic E-state index is 12.9. The van der Waals surface area contributed by atoms with Crippen LogP contribution in [0.1, 0.15) is 0 Å². The van der Waals surface area contributed by atoms with Crippen molar-refractivity contribution in [3.63, 3.8) is 0 Å². The molecule has 14 heavy (non-hydrogen) atoms. The van der Waals surface area contributed by atoms with Crippen LogP contribution in [0.25, 0.3) is 4.85 Å². The van der Waals surface area contributed by atoms with Crippen LogP contribution in [-0.2, 0) is 0 Å². The first kappa shape index (κ1) is 10.3. The number of hydrogen-bond acceptors (Lipinski definition) is 2. The molecule has 1 aromatic rings. The Labute approximate surface area is 79.9 Å². The van der Waals surface area contributed by atoms with Gasteiger partial charge in [-0.15, -0.1) is 0 Å². The topological polar surface area (TPSA) is 29.1 Å². The Kier molecular flexibility index (Phi) is 3.68. The van der Waals surface area contributed by atoms with Crippen LogP contribution in [0.15, 0.2) is 28.4 Å². The van der Waals surface area contributed by atoms with Gasteiger partial charge in [0.1, 0.15) is 18.0 Å². The van der Waals surface area contributed by atoms with Crippen LogP contribution in [0.3, 0.4) is 0 Å². The Morgan fingerprint density at radius 2 is 2.14 bits per heavy atom. The number of halogens is 2. The molecule has 1 rings (SSSR count). The molecule has 0 saturated carbocycles. The minimum Gasteiger partial charge on any atom is -0.315 e. The third kappa shape index (κ3) is 2.90. The standard InChI is InChI=1S/C9H7F2N3/c1-12-4-5-13-14-9-6-7(10)2-3-8(9)11/h2-3,6H,4-5H2/b14-13+. The van der Waals surface area contributed by atoms with E-state index >= 15 is 0 Å². The Morgan fingerprint density at radius 3 is 2.86 bits per heavy atom. The Morgan fingerprint density at radius 1 is 1.36 bits per heavy atom. The van der Waals surface area contributed by atoms with Gasteiger partial charge in [-0.3, -0.25) is 0 Å². The third-order valence-corrected chi connectivity index (χ3v) is 1.40.